The van der Waals surface area contributed by atoms with Gasteiger partial charge in [0.25, 0.3) is 0 Å². The lowest BCUT2D eigenvalue weighted by Crippen LogP contribution is -2.37. The van der Waals surface area contributed by atoms with E-state index in [4.69, 9.17) is 10.2 Å². The van der Waals surface area contributed by atoms with Crippen molar-refractivity contribution in [2.24, 2.45) is 5.41 Å². The molecule has 1 heterocycles. The number of aliphatic carboxylic acids is 1. The van der Waals surface area contributed by atoms with Gasteiger partial charge in [-0.2, -0.15) is 11.8 Å². The maximum absolute atomic E-state index is 10.9. The predicted molar refractivity (Wildman–Crippen MR) is 48.3 cm³/mol. The van der Waals surface area contributed by atoms with E-state index in [9.17, 15) is 4.79 Å². The average molecular weight is 190 g/mol. The zero-order chi connectivity index (χ0) is 9.03. The number of thioether (sulfide) groups is 1. The Morgan fingerprint density at radius 3 is 2.75 bits per heavy atom. The summed E-state index contributed by atoms with van der Waals surface area (Å²) < 4.78 is 0. The maximum atomic E-state index is 10.9. The van der Waals surface area contributed by atoms with Crippen LogP contribution in [0.15, 0.2) is 0 Å². The van der Waals surface area contributed by atoms with Crippen molar-refractivity contribution in [3.05, 3.63) is 0 Å². The highest BCUT2D eigenvalue weighted by Gasteiger charge is 2.39. The van der Waals surface area contributed by atoms with E-state index in [1.54, 1.807) is 11.8 Å². The minimum atomic E-state index is -0.747. The van der Waals surface area contributed by atoms with Gasteiger partial charge in [0.05, 0.1) is 5.41 Å². The quantitative estimate of drug-likeness (QED) is 0.696. The van der Waals surface area contributed by atoms with Crippen LogP contribution in [0.4, 0.5) is 0 Å². The zero-order valence-electron chi connectivity index (χ0n) is 6.95. The van der Waals surface area contributed by atoms with Crippen LogP contribution in [0.3, 0.4) is 0 Å². The van der Waals surface area contributed by atoms with Gasteiger partial charge in [0.2, 0.25) is 0 Å². The number of aliphatic hydroxyl groups excluding tert-OH is 1. The molecule has 4 heteroatoms. The van der Waals surface area contributed by atoms with Crippen molar-refractivity contribution in [2.75, 3.05) is 18.1 Å². The summed E-state index contributed by atoms with van der Waals surface area (Å²) in [5.74, 6) is 0.965. The van der Waals surface area contributed by atoms with Gasteiger partial charge in [-0.25, -0.2) is 0 Å². The van der Waals surface area contributed by atoms with Crippen LogP contribution in [0.2, 0.25) is 0 Å². The molecule has 0 radical (unpaired) electrons. The van der Waals surface area contributed by atoms with E-state index < -0.39 is 11.4 Å². The van der Waals surface area contributed by atoms with E-state index in [-0.39, 0.29) is 6.61 Å². The SMILES string of the molecule is O=C(O)C1(CCO)CCCSC1. The van der Waals surface area contributed by atoms with Crippen LogP contribution in [-0.4, -0.2) is 34.3 Å². The molecule has 2 N–H and O–H groups in total. The number of hydrogen-bond donors (Lipinski definition) is 2. The van der Waals surface area contributed by atoms with Gasteiger partial charge in [0.15, 0.2) is 0 Å². The molecule has 0 aromatic carbocycles. The third kappa shape index (κ3) is 1.93. The fourth-order valence-electron chi connectivity index (χ4n) is 1.54. The summed E-state index contributed by atoms with van der Waals surface area (Å²) in [7, 11) is 0. The van der Waals surface area contributed by atoms with Gasteiger partial charge < -0.3 is 10.2 Å². The second-order valence-corrected chi connectivity index (χ2v) is 4.32. The molecule has 0 bridgehead atoms. The Kier molecular flexibility index (Phi) is 3.40. The molecule has 1 rings (SSSR count). The molecule has 1 atom stereocenters. The first-order chi connectivity index (χ1) is 5.71. The first-order valence-corrected chi connectivity index (χ1v) is 5.29. The van der Waals surface area contributed by atoms with Crippen molar-refractivity contribution in [3.63, 3.8) is 0 Å². The smallest absolute Gasteiger partial charge is 0.310 e. The monoisotopic (exact) mass is 190 g/mol. The van der Waals surface area contributed by atoms with Crippen molar-refractivity contribution in [1.82, 2.24) is 0 Å². The van der Waals surface area contributed by atoms with Crippen LogP contribution in [0.25, 0.3) is 0 Å². The van der Waals surface area contributed by atoms with E-state index in [1.807, 2.05) is 0 Å². The molecule has 1 fully saturated rings. The Bertz CT molecular complexity index is 158. The van der Waals surface area contributed by atoms with E-state index in [0.29, 0.717) is 12.2 Å². The molecule has 1 aliphatic rings. The average Bonchev–Trinajstić information content (AvgIpc) is 2.06. The summed E-state index contributed by atoms with van der Waals surface area (Å²) in [4.78, 5) is 10.9. The largest absolute Gasteiger partial charge is 0.481 e. The highest BCUT2D eigenvalue weighted by Crippen LogP contribution is 2.37. The molecule has 0 aromatic rings. The van der Waals surface area contributed by atoms with Crippen LogP contribution in [0.5, 0.6) is 0 Å². The number of carboxylic acids is 1. The fraction of sp³-hybridized carbons (Fsp3) is 0.875. The Hall–Kier alpha value is -0.220. The normalized spacial score (nSPS) is 30.1. The summed E-state index contributed by atoms with van der Waals surface area (Å²) in [6, 6.07) is 0. The Labute approximate surface area is 76.2 Å². The number of aliphatic hydroxyl groups is 1. The molecule has 0 aromatic heterocycles. The molecule has 1 saturated heterocycles. The molecule has 0 aliphatic carbocycles. The number of hydrogen-bond acceptors (Lipinski definition) is 3. The molecular formula is C8H14O3S. The molecule has 3 nitrogen and oxygen atoms in total. The van der Waals surface area contributed by atoms with Gasteiger partial charge in [-0.3, -0.25) is 4.79 Å². The third-order valence-electron chi connectivity index (χ3n) is 2.37. The van der Waals surface area contributed by atoms with Crippen molar-refractivity contribution in [2.45, 2.75) is 19.3 Å². The van der Waals surface area contributed by atoms with Gasteiger partial charge in [0.1, 0.15) is 0 Å². The predicted octanol–water partition coefficient (Wildman–Crippen LogP) is 0.967. The van der Waals surface area contributed by atoms with Crippen molar-refractivity contribution in [3.8, 4) is 0 Å². The minimum absolute atomic E-state index is 0.0210. The van der Waals surface area contributed by atoms with Crippen LogP contribution in [-0.2, 0) is 4.79 Å². The first kappa shape index (κ1) is 9.86. The molecule has 1 aliphatic heterocycles. The standard InChI is InChI=1S/C8H14O3S/c9-4-3-8(7(10)11)2-1-5-12-6-8/h9H,1-6H2,(H,10,11). The maximum Gasteiger partial charge on any atom is 0.310 e. The van der Waals surface area contributed by atoms with Gasteiger partial charge >= 0.3 is 5.97 Å². The molecular weight excluding hydrogens is 176 g/mol. The fourth-order valence-corrected chi connectivity index (χ4v) is 2.83. The Balaban J connectivity index is 2.63. The summed E-state index contributed by atoms with van der Waals surface area (Å²) in [6.45, 7) is -0.0210. The van der Waals surface area contributed by atoms with Gasteiger partial charge in [-0.05, 0) is 25.0 Å². The second kappa shape index (κ2) is 4.14. The molecule has 1 unspecified atom stereocenters. The lowest BCUT2D eigenvalue weighted by Gasteiger charge is -2.31. The molecule has 0 spiro atoms. The van der Waals surface area contributed by atoms with E-state index in [1.165, 1.54) is 0 Å². The molecule has 70 valence electrons. The van der Waals surface area contributed by atoms with Crippen LogP contribution >= 0.6 is 11.8 Å². The molecule has 0 saturated carbocycles. The topological polar surface area (TPSA) is 57.5 Å². The number of carboxylic acid groups (broad SMARTS) is 1. The van der Waals surface area contributed by atoms with E-state index in [2.05, 4.69) is 0 Å². The summed E-state index contributed by atoms with van der Waals surface area (Å²) in [6.07, 6.45) is 2.07. The van der Waals surface area contributed by atoms with Crippen molar-refractivity contribution in [1.29, 1.82) is 0 Å². The van der Waals surface area contributed by atoms with E-state index >= 15 is 0 Å². The Morgan fingerprint density at radius 1 is 1.58 bits per heavy atom. The molecule has 0 amide bonds. The summed E-state index contributed by atoms with van der Waals surface area (Å²) in [5, 5.41) is 17.8. The van der Waals surface area contributed by atoms with Crippen LogP contribution in [0, 0.1) is 5.41 Å². The van der Waals surface area contributed by atoms with E-state index in [0.717, 1.165) is 18.6 Å². The van der Waals surface area contributed by atoms with Crippen LogP contribution < -0.4 is 0 Å². The van der Waals surface area contributed by atoms with Crippen molar-refractivity contribution < 1.29 is 15.0 Å². The van der Waals surface area contributed by atoms with Crippen LogP contribution in [0.1, 0.15) is 19.3 Å². The lowest BCUT2D eigenvalue weighted by atomic mass is 9.82. The zero-order valence-corrected chi connectivity index (χ0v) is 7.77. The van der Waals surface area contributed by atoms with Gasteiger partial charge in [-0.15, -0.1) is 0 Å². The van der Waals surface area contributed by atoms with Gasteiger partial charge in [0, 0.05) is 12.4 Å². The third-order valence-corrected chi connectivity index (χ3v) is 3.70. The highest BCUT2D eigenvalue weighted by atomic mass is 32.2. The van der Waals surface area contributed by atoms with Gasteiger partial charge in [-0.1, -0.05) is 0 Å². The Morgan fingerprint density at radius 2 is 2.33 bits per heavy atom. The second-order valence-electron chi connectivity index (χ2n) is 3.22. The minimum Gasteiger partial charge on any atom is -0.481 e. The number of carbonyl (C=O) groups is 1. The first-order valence-electron chi connectivity index (χ1n) is 4.13. The summed E-state index contributed by atoms with van der Waals surface area (Å²) in [5.41, 5.74) is -0.641. The van der Waals surface area contributed by atoms with Crippen molar-refractivity contribution >= 4 is 17.7 Å². The number of rotatable bonds is 3. The highest BCUT2D eigenvalue weighted by molar-refractivity contribution is 7.99. The summed E-state index contributed by atoms with van der Waals surface area (Å²) >= 11 is 1.68. The molecule has 12 heavy (non-hydrogen) atoms. The lowest BCUT2D eigenvalue weighted by molar-refractivity contribution is -0.149.